The minimum absolute atomic E-state index is 0.0845. The van der Waals surface area contributed by atoms with E-state index in [1.54, 1.807) is 17.0 Å². The molecule has 9 heteroatoms. The number of hydrogen-bond acceptors (Lipinski definition) is 5. The predicted octanol–water partition coefficient (Wildman–Crippen LogP) is 4.36. The fourth-order valence-corrected chi connectivity index (χ4v) is 7.29. The Kier molecular flexibility index (Phi) is 8.20. The summed E-state index contributed by atoms with van der Waals surface area (Å²) >= 11 is 5.93. The standard InChI is InChI=1S/C24H36ClN3O4S/c1-19-17-26(21-7-3-2-4-8-21)15-16-27(19)24(29)32-18-22-9-5-6-14-28(22)33(30,31)23-12-10-20(25)11-13-23/h10-13,19,21-22H,2-9,14-18H2,1H3/t19-,22-/m0/s1. The number of sulfonamides is 1. The van der Waals surface area contributed by atoms with Gasteiger partial charge in [-0.15, -0.1) is 0 Å². The second kappa shape index (κ2) is 10.9. The third kappa shape index (κ3) is 5.84. The number of rotatable bonds is 5. The zero-order valence-electron chi connectivity index (χ0n) is 19.5. The number of carbonyl (C=O) groups excluding carboxylic acids is 1. The molecular formula is C24H36ClN3O4S. The number of piperidine rings is 1. The molecule has 33 heavy (non-hydrogen) atoms. The van der Waals surface area contributed by atoms with Crippen LogP contribution in [0.4, 0.5) is 4.79 Å². The zero-order valence-corrected chi connectivity index (χ0v) is 21.1. The minimum Gasteiger partial charge on any atom is -0.448 e. The molecule has 1 amide bonds. The van der Waals surface area contributed by atoms with Crippen LogP contribution in [0.15, 0.2) is 29.2 Å². The highest BCUT2D eigenvalue weighted by Gasteiger charge is 2.36. The second-order valence-corrected chi connectivity index (χ2v) is 12.0. The molecule has 3 aliphatic rings. The molecule has 1 aliphatic carbocycles. The van der Waals surface area contributed by atoms with Gasteiger partial charge in [-0.05, 0) is 56.9 Å². The van der Waals surface area contributed by atoms with Crippen molar-refractivity contribution in [1.29, 1.82) is 0 Å². The maximum absolute atomic E-state index is 13.2. The highest BCUT2D eigenvalue weighted by atomic mass is 35.5. The Morgan fingerprint density at radius 2 is 1.70 bits per heavy atom. The molecule has 3 fully saturated rings. The first kappa shape index (κ1) is 24.8. The van der Waals surface area contributed by atoms with Crippen molar-refractivity contribution in [1.82, 2.24) is 14.1 Å². The maximum Gasteiger partial charge on any atom is 0.410 e. The number of hydrogen-bond donors (Lipinski definition) is 0. The summed E-state index contributed by atoms with van der Waals surface area (Å²) in [5.74, 6) is 0. The molecule has 1 aromatic rings. The normalized spacial score (nSPS) is 26.3. The summed E-state index contributed by atoms with van der Waals surface area (Å²) in [5, 5.41) is 0.496. The Bertz CT molecular complexity index is 905. The lowest BCUT2D eigenvalue weighted by molar-refractivity contribution is 0.0219. The molecule has 184 valence electrons. The molecule has 0 N–H and O–H groups in total. The van der Waals surface area contributed by atoms with Crippen molar-refractivity contribution in [3.05, 3.63) is 29.3 Å². The van der Waals surface area contributed by atoms with Gasteiger partial charge in [0.25, 0.3) is 0 Å². The smallest absolute Gasteiger partial charge is 0.410 e. The lowest BCUT2D eigenvalue weighted by Gasteiger charge is -2.44. The first-order valence-electron chi connectivity index (χ1n) is 12.3. The summed E-state index contributed by atoms with van der Waals surface area (Å²) in [4.78, 5) is 17.5. The SMILES string of the molecule is C[C@H]1CN(C2CCCCC2)CCN1C(=O)OC[C@@H]1CCCCN1S(=O)(=O)c1ccc(Cl)cc1. The van der Waals surface area contributed by atoms with Crippen LogP contribution in [-0.2, 0) is 14.8 Å². The molecule has 2 heterocycles. The highest BCUT2D eigenvalue weighted by molar-refractivity contribution is 7.89. The summed E-state index contributed by atoms with van der Waals surface area (Å²) in [7, 11) is -3.67. The number of carbonyl (C=O) groups is 1. The molecule has 2 saturated heterocycles. The van der Waals surface area contributed by atoms with Crippen LogP contribution in [0.1, 0.15) is 58.3 Å². The van der Waals surface area contributed by atoms with Gasteiger partial charge >= 0.3 is 6.09 Å². The van der Waals surface area contributed by atoms with Gasteiger partial charge in [-0.3, -0.25) is 4.90 Å². The number of nitrogens with zero attached hydrogens (tertiary/aromatic N) is 3. The topological polar surface area (TPSA) is 70.2 Å². The molecular weight excluding hydrogens is 462 g/mol. The number of ether oxygens (including phenoxy) is 1. The van der Waals surface area contributed by atoms with E-state index in [1.807, 2.05) is 0 Å². The van der Waals surface area contributed by atoms with Gasteiger partial charge in [0.05, 0.1) is 10.9 Å². The van der Waals surface area contributed by atoms with Crippen molar-refractivity contribution in [3.63, 3.8) is 0 Å². The summed E-state index contributed by atoms with van der Waals surface area (Å²) in [5.41, 5.74) is 0. The Morgan fingerprint density at radius 1 is 1.00 bits per heavy atom. The van der Waals surface area contributed by atoms with E-state index in [0.717, 1.165) is 25.9 Å². The Morgan fingerprint density at radius 3 is 2.39 bits per heavy atom. The number of piperazine rings is 1. The second-order valence-electron chi connectivity index (χ2n) is 9.63. The molecule has 0 aromatic heterocycles. The van der Waals surface area contributed by atoms with Gasteiger partial charge in [-0.25, -0.2) is 13.2 Å². The Labute approximate surface area is 203 Å². The van der Waals surface area contributed by atoms with Crippen LogP contribution >= 0.6 is 11.6 Å². The summed E-state index contributed by atoms with van der Waals surface area (Å²) < 4.78 is 33.6. The van der Waals surface area contributed by atoms with E-state index in [1.165, 1.54) is 48.5 Å². The van der Waals surface area contributed by atoms with Crippen molar-refractivity contribution in [3.8, 4) is 0 Å². The van der Waals surface area contributed by atoms with E-state index < -0.39 is 10.0 Å². The van der Waals surface area contributed by atoms with Crippen molar-refractivity contribution >= 4 is 27.7 Å². The van der Waals surface area contributed by atoms with E-state index in [-0.39, 0.29) is 29.7 Å². The van der Waals surface area contributed by atoms with Gasteiger partial charge < -0.3 is 9.64 Å². The molecule has 0 spiro atoms. The van der Waals surface area contributed by atoms with Crippen molar-refractivity contribution < 1.29 is 17.9 Å². The molecule has 0 bridgehead atoms. The number of halogens is 1. The van der Waals surface area contributed by atoms with Crippen molar-refractivity contribution in [2.75, 3.05) is 32.8 Å². The van der Waals surface area contributed by atoms with Crippen molar-refractivity contribution in [2.24, 2.45) is 0 Å². The average molecular weight is 498 g/mol. The van der Waals surface area contributed by atoms with Gasteiger partial charge in [0, 0.05) is 43.3 Å². The predicted molar refractivity (Wildman–Crippen MR) is 129 cm³/mol. The molecule has 1 saturated carbocycles. The van der Waals surface area contributed by atoms with E-state index in [2.05, 4.69) is 11.8 Å². The summed E-state index contributed by atoms with van der Waals surface area (Å²) in [6.45, 7) is 5.01. The van der Waals surface area contributed by atoms with Crippen LogP contribution in [0.2, 0.25) is 5.02 Å². The van der Waals surface area contributed by atoms with Crippen LogP contribution in [0.25, 0.3) is 0 Å². The van der Waals surface area contributed by atoms with Gasteiger partial charge in [-0.1, -0.05) is 37.3 Å². The largest absolute Gasteiger partial charge is 0.448 e. The highest BCUT2D eigenvalue weighted by Crippen LogP contribution is 2.28. The fraction of sp³-hybridized carbons (Fsp3) is 0.708. The van der Waals surface area contributed by atoms with Crippen LogP contribution < -0.4 is 0 Å². The zero-order chi connectivity index (χ0) is 23.4. The van der Waals surface area contributed by atoms with Gasteiger partial charge in [-0.2, -0.15) is 4.31 Å². The molecule has 0 unspecified atom stereocenters. The third-order valence-electron chi connectivity index (χ3n) is 7.38. The molecule has 2 aliphatic heterocycles. The summed E-state index contributed by atoms with van der Waals surface area (Å²) in [6.07, 6.45) is 8.54. The van der Waals surface area contributed by atoms with Gasteiger partial charge in [0.1, 0.15) is 6.61 Å². The van der Waals surface area contributed by atoms with E-state index in [4.69, 9.17) is 16.3 Å². The monoisotopic (exact) mass is 497 g/mol. The Balaban J connectivity index is 1.34. The average Bonchev–Trinajstić information content (AvgIpc) is 2.83. The molecule has 2 atom stereocenters. The maximum atomic E-state index is 13.2. The summed E-state index contributed by atoms with van der Waals surface area (Å²) in [6, 6.07) is 6.62. The lowest BCUT2D eigenvalue weighted by atomic mass is 9.93. The molecule has 4 rings (SSSR count). The molecule has 7 nitrogen and oxygen atoms in total. The van der Waals surface area contributed by atoms with Crippen LogP contribution in [0, 0.1) is 0 Å². The third-order valence-corrected chi connectivity index (χ3v) is 9.60. The van der Waals surface area contributed by atoms with Gasteiger partial charge in [0.2, 0.25) is 10.0 Å². The minimum atomic E-state index is -3.67. The fourth-order valence-electron chi connectivity index (χ4n) is 5.48. The Hall–Kier alpha value is -1.35. The van der Waals surface area contributed by atoms with Crippen molar-refractivity contribution in [2.45, 2.75) is 81.3 Å². The molecule has 0 radical (unpaired) electrons. The van der Waals surface area contributed by atoms with Crippen LogP contribution in [0.3, 0.4) is 0 Å². The molecule has 1 aromatic carbocycles. The van der Waals surface area contributed by atoms with Crippen LogP contribution in [0.5, 0.6) is 0 Å². The van der Waals surface area contributed by atoms with Crippen LogP contribution in [-0.4, -0.2) is 79.5 Å². The van der Waals surface area contributed by atoms with E-state index in [0.29, 0.717) is 30.6 Å². The van der Waals surface area contributed by atoms with E-state index in [9.17, 15) is 13.2 Å². The van der Waals surface area contributed by atoms with Gasteiger partial charge in [0.15, 0.2) is 0 Å². The first-order valence-corrected chi connectivity index (χ1v) is 14.1. The number of benzene rings is 1. The van der Waals surface area contributed by atoms with E-state index >= 15 is 0 Å². The first-order chi connectivity index (χ1) is 15.9. The lowest BCUT2D eigenvalue weighted by Crippen LogP contribution is -2.57. The quantitative estimate of drug-likeness (QED) is 0.604. The number of amides is 1.